The summed E-state index contributed by atoms with van der Waals surface area (Å²) in [6.07, 6.45) is 5.10. The molecule has 2 fully saturated rings. The summed E-state index contributed by atoms with van der Waals surface area (Å²) in [5.41, 5.74) is 1.49. The first-order chi connectivity index (χ1) is 17.6. The highest BCUT2D eigenvalue weighted by molar-refractivity contribution is 6.42. The number of methoxy groups -OCH3 is 1. The Hall–Kier alpha value is -2.36. The summed E-state index contributed by atoms with van der Waals surface area (Å²) in [6, 6.07) is 9.08. The predicted octanol–water partition coefficient (Wildman–Crippen LogP) is 5.34. The fraction of sp³-hybridized carbons (Fsp3) is 0.462. The monoisotopic (exact) mass is 532 g/mol. The van der Waals surface area contributed by atoms with Gasteiger partial charge in [0, 0.05) is 50.0 Å². The SMILES string of the molecule is COc1cc2c(Nc3ccc(Cl)c(Cl)c3)ncnc2cc1OCC1CN(CC2CCCO2)CCCO1. The van der Waals surface area contributed by atoms with Crippen LogP contribution in [0, 0.1) is 0 Å². The highest BCUT2D eigenvalue weighted by Gasteiger charge is 2.24. The lowest BCUT2D eigenvalue weighted by Gasteiger charge is -2.26. The Morgan fingerprint density at radius 1 is 1.03 bits per heavy atom. The molecule has 2 atom stereocenters. The minimum atomic E-state index is -0.0356. The van der Waals surface area contributed by atoms with Crippen molar-refractivity contribution in [2.45, 2.75) is 31.5 Å². The van der Waals surface area contributed by atoms with Gasteiger partial charge in [0.25, 0.3) is 0 Å². The van der Waals surface area contributed by atoms with Gasteiger partial charge >= 0.3 is 0 Å². The van der Waals surface area contributed by atoms with Crippen molar-refractivity contribution in [1.29, 1.82) is 0 Å². The Labute approximate surface area is 220 Å². The van der Waals surface area contributed by atoms with Gasteiger partial charge in [-0.15, -0.1) is 0 Å². The van der Waals surface area contributed by atoms with Gasteiger partial charge in [-0.2, -0.15) is 0 Å². The zero-order valence-electron chi connectivity index (χ0n) is 20.2. The van der Waals surface area contributed by atoms with Gasteiger partial charge in [0.2, 0.25) is 0 Å². The topological polar surface area (TPSA) is 78.0 Å². The number of halogens is 2. The van der Waals surface area contributed by atoms with E-state index in [1.165, 1.54) is 6.33 Å². The maximum absolute atomic E-state index is 6.22. The molecule has 8 nitrogen and oxygen atoms in total. The van der Waals surface area contributed by atoms with Crippen LogP contribution in [0.25, 0.3) is 10.9 Å². The van der Waals surface area contributed by atoms with Crippen LogP contribution >= 0.6 is 23.2 Å². The number of hydrogen-bond donors (Lipinski definition) is 1. The van der Waals surface area contributed by atoms with E-state index in [0.717, 1.165) is 68.7 Å². The molecule has 0 saturated carbocycles. The van der Waals surface area contributed by atoms with Gasteiger partial charge in [0.1, 0.15) is 24.9 Å². The Bertz CT molecular complexity index is 1190. The van der Waals surface area contributed by atoms with Crippen LogP contribution in [0.4, 0.5) is 11.5 Å². The molecule has 0 radical (unpaired) electrons. The average molecular weight is 533 g/mol. The van der Waals surface area contributed by atoms with E-state index in [4.69, 9.17) is 42.1 Å². The quantitative estimate of drug-likeness (QED) is 0.416. The summed E-state index contributed by atoms with van der Waals surface area (Å²) in [7, 11) is 1.62. The molecular weight excluding hydrogens is 503 g/mol. The molecule has 2 aliphatic rings. The normalized spacial score (nSPS) is 20.9. The van der Waals surface area contributed by atoms with Crippen molar-refractivity contribution in [1.82, 2.24) is 14.9 Å². The predicted molar refractivity (Wildman–Crippen MR) is 141 cm³/mol. The molecule has 10 heteroatoms. The molecule has 5 rings (SSSR count). The van der Waals surface area contributed by atoms with E-state index in [2.05, 4.69) is 20.2 Å². The molecule has 192 valence electrons. The minimum Gasteiger partial charge on any atom is -0.493 e. The third kappa shape index (κ3) is 6.12. The molecule has 0 aliphatic carbocycles. The average Bonchev–Trinajstić information content (AvgIpc) is 3.29. The lowest BCUT2D eigenvalue weighted by atomic mass is 10.2. The number of nitrogens with one attached hydrogen (secondary N) is 1. The first-order valence-electron chi connectivity index (χ1n) is 12.2. The van der Waals surface area contributed by atoms with Crippen LogP contribution in [0.1, 0.15) is 19.3 Å². The van der Waals surface area contributed by atoms with Gasteiger partial charge in [-0.25, -0.2) is 9.97 Å². The summed E-state index contributed by atoms with van der Waals surface area (Å²) in [5, 5.41) is 5.03. The lowest BCUT2D eigenvalue weighted by molar-refractivity contribution is 0.0121. The Balaban J connectivity index is 1.30. The van der Waals surface area contributed by atoms with Gasteiger partial charge in [-0.05, 0) is 43.5 Å². The Morgan fingerprint density at radius 2 is 1.89 bits per heavy atom. The number of aromatic nitrogens is 2. The zero-order chi connectivity index (χ0) is 24.9. The second-order valence-corrected chi connectivity index (χ2v) is 9.86. The van der Waals surface area contributed by atoms with Crippen LogP contribution in [0.3, 0.4) is 0 Å². The molecule has 2 aliphatic heterocycles. The van der Waals surface area contributed by atoms with Crippen LogP contribution in [-0.4, -0.2) is 73.6 Å². The first kappa shape index (κ1) is 25.3. The smallest absolute Gasteiger partial charge is 0.163 e. The van der Waals surface area contributed by atoms with Crippen molar-refractivity contribution >= 4 is 45.6 Å². The highest BCUT2D eigenvalue weighted by Crippen LogP contribution is 2.35. The molecule has 1 aromatic heterocycles. The van der Waals surface area contributed by atoms with Crippen LogP contribution in [0.2, 0.25) is 10.0 Å². The van der Waals surface area contributed by atoms with E-state index in [-0.39, 0.29) is 6.10 Å². The fourth-order valence-corrected chi connectivity index (χ4v) is 4.94. The third-order valence-electron chi connectivity index (χ3n) is 6.45. The molecule has 2 unspecified atom stereocenters. The maximum atomic E-state index is 6.22. The summed E-state index contributed by atoms with van der Waals surface area (Å²) >= 11 is 12.2. The minimum absolute atomic E-state index is 0.0356. The van der Waals surface area contributed by atoms with Gasteiger partial charge in [-0.3, -0.25) is 4.90 Å². The molecule has 36 heavy (non-hydrogen) atoms. The van der Waals surface area contributed by atoms with Crippen LogP contribution in [0.15, 0.2) is 36.7 Å². The molecule has 3 aromatic rings. The summed E-state index contributed by atoms with van der Waals surface area (Å²) in [5.74, 6) is 1.84. The molecule has 1 N–H and O–H groups in total. The van der Waals surface area contributed by atoms with Crippen LogP contribution in [0.5, 0.6) is 11.5 Å². The van der Waals surface area contributed by atoms with Crippen molar-refractivity contribution in [2.24, 2.45) is 0 Å². The Morgan fingerprint density at radius 3 is 2.69 bits per heavy atom. The van der Waals surface area contributed by atoms with Gasteiger partial charge in [0.15, 0.2) is 11.5 Å². The summed E-state index contributed by atoms with van der Waals surface area (Å²) < 4.78 is 23.8. The number of ether oxygens (including phenoxy) is 4. The van der Waals surface area contributed by atoms with Crippen molar-refractivity contribution in [3.05, 3.63) is 46.7 Å². The fourth-order valence-electron chi connectivity index (χ4n) is 4.64. The van der Waals surface area contributed by atoms with Crippen molar-refractivity contribution in [3.8, 4) is 11.5 Å². The number of benzene rings is 2. The maximum Gasteiger partial charge on any atom is 0.163 e. The van der Waals surface area contributed by atoms with E-state index >= 15 is 0 Å². The largest absolute Gasteiger partial charge is 0.493 e. The second kappa shape index (κ2) is 11.8. The number of rotatable bonds is 8. The van der Waals surface area contributed by atoms with Crippen LogP contribution < -0.4 is 14.8 Å². The number of anilines is 2. The van der Waals surface area contributed by atoms with Crippen molar-refractivity contribution in [3.63, 3.8) is 0 Å². The van der Waals surface area contributed by atoms with E-state index in [1.54, 1.807) is 19.2 Å². The number of nitrogens with zero attached hydrogens (tertiary/aromatic N) is 3. The zero-order valence-corrected chi connectivity index (χ0v) is 21.7. The van der Waals surface area contributed by atoms with Crippen molar-refractivity contribution < 1.29 is 18.9 Å². The van der Waals surface area contributed by atoms with Crippen molar-refractivity contribution in [2.75, 3.05) is 51.9 Å². The third-order valence-corrected chi connectivity index (χ3v) is 7.19. The number of hydrogen-bond acceptors (Lipinski definition) is 8. The summed E-state index contributed by atoms with van der Waals surface area (Å²) in [6.45, 7) is 4.80. The van der Waals surface area contributed by atoms with Gasteiger partial charge < -0.3 is 24.3 Å². The van der Waals surface area contributed by atoms with Gasteiger partial charge in [-0.1, -0.05) is 23.2 Å². The van der Waals surface area contributed by atoms with E-state index < -0.39 is 0 Å². The molecular formula is C26H30Cl2N4O4. The second-order valence-electron chi connectivity index (χ2n) is 9.05. The molecule has 0 spiro atoms. The van der Waals surface area contributed by atoms with Gasteiger partial charge in [0.05, 0.1) is 28.8 Å². The van der Waals surface area contributed by atoms with E-state index in [1.807, 2.05) is 18.2 Å². The first-order valence-corrected chi connectivity index (χ1v) is 13.0. The van der Waals surface area contributed by atoms with Crippen LogP contribution in [-0.2, 0) is 9.47 Å². The molecule has 0 amide bonds. The molecule has 2 saturated heterocycles. The molecule has 2 aromatic carbocycles. The summed E-state index contributed by atoms with van der Waals surface area (Å²) in [4.78, 5) is 11.3. The number of fused-ring (bicyclic) bond motifs is 1. The van der Waals surface area contributed by atoms with E-state index in [0.29, 0.717) is 40.1 Å². The Kier molecular flexibility index (Phi) is 8.29. The lowest BCUT2D eigenvalue weighted by Crippen LogP contribution is -2.39. The molecule has 3 heterocycles. The molecule has 0 bridgehead atoms. The van der Waals surface area contributed by atoms with E-state index in [9.17, 15) is 0 Å². The standard InChI is InChI=1S/C26H30Cl2N4O4/c1-33-24-11-20-23(29-16-30-26(20)31-17-5-6-21(27)22(28)10-17)12-25(24)36-15-19-14-32(7-3-9-35-19)13-18-4-2-8-34-18/h5-6,10-12,16,18-19H,2-4,7-9,13-15H2,1H3,(H,29,30,31). The highest BCUT2D eigenvalue weighted by atomic mass is 35.5.